The van der Waals surface area contributed by atoms with Crippen LogP contribution in [0.4, 0.5) is 15.8 Å². The molecule has 0 bridgehead atoms. The fraction of sp³-hybridized carbons (Fsp3) is 0.333. The highest BCUT2D eigenvalue weighted by Crippen LogP contribution is 2.23. The number of nitro groups is 1. The Kier molecular flexibility index (Phi) is 4.38. The average molecular weight is 284 g/mol. The van der Waals surface area contributed by atoms with Crippen molar-refractivity contribution in [2.24, 2.45) is 5.41 Å². The Morgan fingerprint density at radius 1 is 1.40 bits per heavy atom. The maximum absolute atomic E-state index is 13.2. The van der Waals surface area contributed by atoms with Crippen LogP contribution in [0.5, 0.6) is 0 Å². The number of amides is 1. The molecule has 0 unspecified atom stereocenters. The second kappa shape index (κ2) is 5.64. The Hall–Kier alpha value is -2.51. The summed E-state index contributed by atoms with van der Waals surface area (Å²) in [5.74, 6) is -2.69. The molecule has 1 amide bonds. The Balaban J connectivity index is 2.86. The van der Waals surface area contributed by atoms with Crippen molar-refractivity contribution in [2.45, 2.75) is 20.3 Å². The Labute approximate surface area is 113 Å². The number of hydrogen-bond acceptors (Lipinski definition) is 4. The fourth-order valence-electron chi connectivity index (χ4n) is 1.43. The molecule has 1 aromatic rings. The quantitative estimate of drug-likeness (QED) is 0.636. The van der Waals surface area contributed by atoms with Crippen LogP contribution in [0.3, 0.4) is 0 Å². The summed E-state index contributed by atoms with van der Waals surface area (Å²) in [5.41, 5.74) is -1.88. The number of hydrogen-bond donors (Lipinski definition) is 2. The highest BCUT2D eigenvalue weighted by Gasteiger charge is 2.30. The molecule has 108 valence electrons. The first kappa shape index (κ1) is 15.5. The summed E-state index contributed by atoms with van der Waals surface area (Å²) >= 11 is 0. The minimum absolute atomic E-state index is 0.0945. The third-order valence-electron chi connectivity index (χ3n) is 2.56. The van der Waals surface area contributed by atoms with Gasteiger partial charge in [0.15, 0.2) is 0 Å². The minimum Gasteiger partial charge on any atom is -0.481 e. The first-order valence-corrected chi connectivity index (χ1v) is 5.60. The highest BCUT2D eigenvalue weighted by atomic mass is 19.1. The third kappa shape index (κ3) is 4.01. The van der Waals surface area contributed by atoms with E-state index in [0.29, 0.717) is 0 Å². The van der Waals surface area contributed by atoms with Crippen LogP contribution in [0, 0.1) is 21.3 Å². The zero-order valence-electron chi connectivity index (χ0n) is 10.8. The number of nitrogens with zero attached hydrogens (tertiary/aromatic N) is 1. The Bertz CT molecular complexity index is 571. The molecule has 1 rings (SSSR count). The first-order valence-electron chi connectivity index (χ1n) is 5.60. The molecule has 7 nitrogen and oxygen atoms in total. The van der Waals surface area contributed by atoms with Crippen LogP contribution in [-0.2, 0) is 9.59 Å². The van der Waals surface area contributed by atoms with E-state index in [1.807, 2.05) is 0 Å². The minimum atomic E-state index is -1.29. The number of carbonyl (C=O) groups excluding carboxylic acids is 1. The third-order valence-corrected chi connectivity index (χ3v) is 2.56. The molecule has 0 spiro atoms. The second-order valence-electron chi connectivity index (χ2n) is 4.87. The van der Waals surface area contributed by atoms with Crippen molar-refractivity contribution in [3.05, 3.63) is 34.1 Å². The molecular weight excluding hydrogens is 271 g/mol. The van der Waals surface area contributed by atoms with Crippen LogP contribution in [0.25, 0.3) is 0 Å². The van der Waals surface area contributed by atoms with Gasteiger partial charge in [0, 0.05) is 12.5 Å². The van der Waals surface area contributed by atoms with E-state index in [9.17, 15) is 24.1 Å². The summed E-state index contributed by atoms with van der Waals surface area (Å²) in [7, 11) is 0. The standard InChI is InChI=1S/C12H13FN2O5/c1-12(2,11(17)18)6-10(16)14-8-3-7(13)4-9(5-8)15(19)20/h3-5H,6H2,1-2H3,(H,14,16)(H,17,18). The van der Waals surface area contributed by atoms with Crippen molar-refractivity contribution in [1.82, 2.24) is 0 Å². The van der Waals surface area contributed by atoms with Crippen LogP contribution in [0.1, 0.15) is 20.3 Å². The van der Waals surface area contributed by atoms with Crippen molar-refractivity contribution in [3.63, 3.8) is 0 Å². The van der Waals surface area contributed by atoms with Crippen LogP contribution >= 0.6 is 0 Å². The lowest BCUT2D eigenvalue weighted by Crippen LogP contribution is -2.29. The summed E-state index contributed by atoms with van der Waals surface area (Å²) < 4.78 is 13.2. The molecule has 20 heavy (non-hydrogen) atoms. The molecule has 0 fully saturated rings. The SMILES string of the molecule is CC(C)(CC(=O)Nc1cc(F)cc([N+](=O)[O-])c1)C(=O)O. The predicted molar refractivity (Wildman–Crippen MR) is 67.7 cm³/mol. The molecule has 0 atom stereocenters. The molecule has 1 aromatic carbocycles. The van der Waals surface area contributed by atoms with Gasteiger partial charge in [0.05, 0.1) is 22.1 Å². The zero-order chi connectivity index (χ0) is 15.5. The van der Waals surface area contributed by atoms with Crippen molar-refractivity contribution in [1.29, 1.82) is 0 Å². The predicted octanol–water partition coefficient (Wildman–Crippen LogP) is 2.17. The molecule has 8 heteroatoms. The van der Waals surface area contributed by atoms with Crippen molar-refractivity contribution < 1.29 is 24.0 Å². The largest absolute Gasteiger partial charge is 0.481 e. The Morgan fingerprint density at radius 3 is 2.50 bits per heavy atom. The van der Waals surface area contributed by atoms with Gasteiger partial charge in [0.25, 0.3) is 5.69 Å². The van der Waals surface area contributed by atoms with Gasteiger partial charge in [-0.2, -0.15) is 0 Å². The van der Waals surface area contributed by atoms with E-state index in [-0.39, 0.29) is 12.1 Å². The molecule has 0 aliphatic rings. The number of anilines is 1. The normalized spacial score (nSPS) is 10.9. The van der Waals surface area contributed by atoms with Gasteiger partial charge < -0.3 is 10.4 Å². The number of aliphatic carboxylic acids is 1. The van der Waals surface area contributed by atoms with Crippen molar-refractivity contribution in [3.8, 4) is 0 Å². The zero-order valence-corrected chi connectivity index (χ0v) is 10.8. The van der Waals surface area contributed by atoms with Gasteiger partial charge in [-0.1, -0.05) is 0 Å². The van der Waals surface area contributed by atoms with Crippen molar-refractivity contribution >= 4 is 23.3 Å². The lowest BCUT2D eigenvalue weighted by Gasteiger charge is -2.18. The smallest absolute Gasteiger partial charge is 0.309 e. The number of nitro benzene ring substituents is 1. The second-order valence-corrected chi connectivity index (χ2v) is 4.87. The summed E-state index contributed by atoms with van der Waals surface area (Å²) in [6.45, 7) is 2.73. The fourth-order valence-corrected chi connectivity index (χ4v) is 1.43. The number of rotatable bonds is 5. The van der Waals surface area contributed by atoms with Gasteiger partial charge in [0.2, 0.25) is 5.91 Å². The molecule has 2 N–H and O–H groups in total. The van der Waals surface area contributed by atoms with E-state index in [4.69, 9.17) is 5.11 Å². The molecule has 0 aliphatic carbocycles. The Morgan fingerprint density at radius 2 is 2.00 bits per heavy atom. The lowest BCUT2D eigenvalue weighted by atomic mass is 9.89. The van der Waals surface area contributed by atoms with E-state index in [1.165, 1.54) is 13.8 Å². The molecule has 0 aliphatic heterocycles. The number of carboxylic acids is 1. The lowest BCUT2D eigenvalue weighted by molar-refractivity contribution is -0.385. The average Bonchev–Trinajstić information content (AvgIpc) is 2.26. The number of halogens is 1. The monoisotopic (exact) mass is 284 g/mol. The summed E-state index contributed by atoms with van der Waals surface area (Å²) in [6.07, 6.45) is -0.341. The summed E-state index contributed by atoms with van der Waals surface area (Å²) in [5, 5.41) is 21.7. The van der Waals surface area contributed by atoms with E-state index in [2.05, 4.69) is 5.32 Å². The van der Waals surface area contributed by atoms with E-state index in [0.717, 1.165) is 18.2 Å². The van der Waals surface area contributed by atoms with E-state index >= 15 is 0 Å². The van der Waals surface area contributed by atoms with Gasteiger partial charge in [-0.3, -0.25) is 19.7 Å². The van der Waals surface area contributed by atoms with Crippen LogP contribution in [0.2, 0.25) is 0 Å². The molecule has 0 saturated carbocycles. The van der Waals surface area contributed by atoms with Crippen LogP contribution in [0.15, 0.2) is 18.2 Å². The van der Waals surface area contributed by atoms with Crippen LogP contribution < -0.4 is 5.32 Å². The van der Waals surface area contributed by atoms with Gasteiger partial charge >= 0.3 is 5.97 Å². The highest BCUT2D eigenvalue weighted by molar-refractivity contribution is 5.94. The molecule has 0 saturated heterocycles. The molecule has 0 heterocycles. The van der Waals surface area contributed by atoms with Gasteiger partial charge in [-0.05, 0) is 19.9 Å². The van der Waals surface area contributed by atoms with Gasteiger partial charge in [-0.25, -0.2) is 4.39 Å². The number of nitrogens with one attached hydrogen (secondary N) is 1. The number of non-ortho nitro benzene ring substituents is 1. The van der Waals surface area contributed by atoms with Crippen molar-refractivity contribution in [2.75, 3.05) is 5.32 Å². The molecule has 0 radical (unpaired) electrons. The summed E-state index contributed by atoms with van der Waals surface area (Å²) in [6, 6.07) is 2.63. The summed E-state index contributed by atoms with van der Waals surface area (Å²) in [4.78, 5) is 32.3. The molecular formula is C12H13FN2O5. The van der Waals surface area contributed by atoms with E-state index < -0.39 is 33.7 Å². The number of carboxylic acid groups (broad SMARTS) is 1. The van der Waals surface area contributed by atoms with E-state index in [1.54, 1.807) is 0 Å². The first-order chi connectivity index (χ1) is 9.11. The van der Waals surface area contributed by atoms with Gasteiger partial charge in [0.1, 0.15) is 5.82 Å². The maximum Gasteiger partial charge on any atom is 0.309 e. The maximum atomic E-state index is 13.2. The number of carbonyl (C=O) groups is 2. The topological polar surface area (TPSA) is 110 Å². The number of benzene rings is 1. The van der Waals surface area contributed by atoms with Gasteiger partial charge in [-0.15, -0.1) is 0 Å². The molecule has 0 aromatic heterocycles. The van der Waals surface area contributed by atoms with Crippen LogP contribution in [-0.4, -0.2) is 21.9 Å².